The average Bonchev–Trinajstić information content (AvgIpc) is 2.37. The zero-order chi connectivity index (χ0) is 14.9. The SMILES string of the molecule is Cc1cc(C(F)(F)F)ccc1C(O)c1cnccc1C. The van der Waals surface area contributed by atoms with Gasteiger partial charge in [-0.15, -0.1) is 0 Å². The molecule has 0 saturated heterocycles. The lowest BCUT2D eigenvalue weighted by atomic mass is 9.94. The number of aromatic nitrogens is 1. The highest BCUT2D eigenvalue weighted by Gasteiger charge is 2.31. The van der Waals surface area contributed by atoms with Gasteiger partial charge in [-0.3, -0.25) is 4.98 Å². The molecule has 1 unspecified atom stereocenters. The van der Waals surface area contributed by atoms with Crippen molar-refractivity contribution in [3.05, 3.63) is 64.5 Å². The summed E-state index contributed by atoms with van der Waals surface area (Å²) < 4.78 is 37.8. The molecule has 0 aliphatic rings. The molecule has 20 heavy (non-hydrogen) atoms. The Morgan fingerprint density at radius 3 is 2.30 bits per heavy atom. The maximum Gasteiger partial charge on any atom is 0.416 e. The van der Waals surface area contributed by atoms with Crippen LogP contribution in [0.5, 0.6) is 0 Å². The molecule has 5 heteroatoms. The minimum Gasteiger partial charge on any atom is -0.384 e. The van der Waals surface area contributed by atoms with Crippen LogP contribution >= 0.6 is 0 Å². The minimum absolute atomic E-state index is 0.399. The average molecular weight is 281 g/mol. The van der Waals surface area contributed by atoms with Gasteiger partial charge < -0.3 is 5.11 Å². The second kappa shape index (κ2) is 5.25. The van der Waals surface area contributed by atoms with Crippen molar-refractivity contribution >= 4 is 0 Å². The normalized spacial score (nSPS) is 13.3. The molecule has 1 aromatic carbocycles. The second-order valence-corrected chi connectivity index (χ2v) is 4.70. The summed E-state index contributed by atoms with van der Waals surface area (Å²) in [5.74, 6) is 0. The van der Waals surface area contributed by atoms with E-state index < -0.39 is 17.8 Å². The third kappa shape index (κ3) is 2.82. The molecule has 0 aliphatic carbocycles. The Bertz CT molecular complexity index is 623. The third-order valence-electron chi connectivity index (χ3n) is 3.27. The van der Waals surface area contributed by atoms with Crippen molar-refractivity contribution in [2.75, 3.05) is 0 Å². The second-order valence-electron chi connectivity index (χ2n) is 4.70. The summed E-state index contributed by atoms with van der Waals surface area (Å²) in [6.45, 7) is 3.37. The number of pyridine rings is 1. The Labute approximate surface area is 114 Å². The first-order valence-electron chi connectivity index (χ1n) is 6.07. The summed E-state index contributed by atoms with van der Waals surface area (Å²) >= 11 is 0. The van der Waals surface area contributed by atoms with E-state index in [0.717, 1.165) is 17.7 Å². The Morgan fingerprint density at radius 2 is 1.75 bits per heavy atom. The number of benzene rings is 1. The van der Waals surface area contributed by atoms with Gasteiger partial charge in [0.1, 0.15) is 6.10 Å². The van der Waals surface area contributed by atoms with Crippen molar-refractivity contribution in [3.8, 4) is 0 Å². The molecule has 1 N–H and O–H groups in total. The van der Waals surface area contributed by atoms with Gasteiger partial charge in [0.2, 0.25) is 0 Å². The number of rotatable bonds is 2. The van der Waals surface area contributed by atoms with E-state index in [2.05, 4.69) is 4.98 Å². The number of aryl methyl sites for hydroxylation is 2. The molecule has 1 atom stereocenters. The molecule has 2 nitrogen and oxygen atoms in total. The molecule has 0 spiro atoms. The van der Waals surface area contributed by atoms with Crippen LogP contribution in [0.2, 0.25) is 0 Å². The van der Waals surface area contributed by atoms with Crippen molar-refractivity contribution in [2.24, 2.45) is 0 Å². The van der Waals surface area contributed by atoms with Crippen molar-refractivity contribution < 1.29 is 18.3 Å². The van der Waals surface area contributed by atoms with Gasteiger partial charge in [0.15, 0.2) is 0 Å². The molecular formula is C15H14F3NO. The number of hydrogen-bond acceptors (Lipinski definition) is 2. The number of alkyl halides is 3. The van der Waals surface area contributed by atoms with Crippen molar-refractivity contribution in [3.63, 3.8) is 0 Å². The largest absolute Gasteiger partial charge is 0.416 e. The van der Waals surface area contributed by atoms with E-state index >= 15 is 0 Å². The molecule has 1 aromatic heterocycles. The van der Waals surface area contributed by atoms with Crippen LogP contribution in [-0.2, 0) is 6.18 Å². The number of aliphatic hydroxyl groups is 1. The lowest BCUT2D eigenvalue weighted by Crippen LogP contribution is -2.09. The van der Waals surface area contributed by atoms with Crippen LogP contribution in [0, 0.1) is 13.8 Å². The van der Waals surface area contributed by atoms with Gasteiger partial charge in [0, 0.05) is 18.0 Å². The van der Waals surface area contributed by atoms with E-state index in [4.69, 9.17) is 0 Å². The van der Waals surface area contributed by atoms with Crippen molar-refractivity contribution in [1.82, 2.24) is 4.98 Å². The highest BCUT2D eigenvalue weighted by atomic mass is 19.4. The Morgan fingerprint density at radius 1 is 1.05 bits per heavy atom. The van der Waals surface area contributed by atoms with Crippen LogP contribution in [-0.4, -0.2) is 10.1 Å². The summed E-state index contributed by atoms with van der Waals surface area (Å²) in [4.78, 5) is 3.94. The van der Waals surface area contributed by atoms with E-state index in [1.54, 1.807) is 19.2 Å². The van der Waals surface area contributed by atoms with Gasteiger partial charge in [-0.05, 0) is 48.7 Å². The quantitative estimate of drug-likeness (QED) is 0.908. The molecular weight excluding hydrogens is 267 g/mol. The van der Waals surface area contributed by atoms with E-state index in [1.807, 2.05) is 6.92 Å². The smallest absolute Gasteiger partial charge is 0.384 e. The summed E-state index contributed by atoms with van der Waals surface area (Å²) in [6, 6.07) is 5.09. The highest BCUT2D eigenvalue weighted by molar-refractivity contribution is 5.39. The topological polar surface area (TPSA) is 33.1 Å². The van der Waals surface area contributed by atoms with E-state index in [1.165, 1.54) is 12.3 Å². The summed E-state index contributed by atoms with van der Waals surface area (Å²) in [5, 5.41) is 10.3. The zero-order valence-corrected chi connectivity index (χ0v) is 11.1. The predicted octanol–water partition coefficient (Wildman–Crippen LogP) is 3.80. The van der Waals surface area contributed by atoms with Gasteiger partial charge in [0.25, 0.3) is 0 Å². The van der Waals surface area contributed by atoms with E-state index in [0.29, 0.717) is 16.7 Å². The van der Waals surface area contributed by atoms with Crippen LogP contribution < -0.4 is 0 Å². The molecule has 2 aromatic rings. The zero-order valence-electron chi connectivity index (χ0n) is 11.1. The van der Waals surface area contributed by atoms with E-state index in [-0.39, 0.29) is 0 Å². The third-order valence-corrected chi connectivity index (χ3v) is 3.27. The van der Waals surface area contributed by atoms with E-state index in [9.17, 15) is 18.3 Å². The lowest BCUT2D eigenvalue weighted by molar-refractivity contribution is -0.137. The van der Waals surface area contributed by atoms with Crippen LogP contribution in [0.3, 0.4) is 0 Å². The Hall–Kier alpha value is -1.88. The fraction of sp³-hybridized carbons (Fsp3) is 0.267. The number of aliphatic hydroxyl groups excluding tert-OH is 1. The molecule has 0 saturated carbocycles. The van der Waals surface area contributed by atoms with Gasteiger partial charge >= 0.3 is 6.18 Å². The fourth-order valence-electron chi connectivity index (χ4n) is 2.09. The molecule has 0 aliphatic heterocycles. The molecule has 0 bridgehead atoms. The maximum atomic E-state index is 12.6. The number of nitrogens with zero attached hydrogens (tertiary/aromatic N) is 1. The fourth-order valence-corrected chi connectivity index (χ4v) is 2.09. The molecule has 0 fully saturated rings. The molecule has 106 valence electrons. The monoisotopic (exact) mass is 281 g/mol. The molecule has 0 radical (unpaired) electrons. The first kappa shape index (κ1) is 14.5. The predicted molar refractivity (Wildman–Crippen MR) is 69.2 cm³/mol. The van der Waals surface area contributed by atoms with Crippen LogP contribution in [0.25, 0.3) is 0 Å². The Kier molecular flexibility index (Phi) is 3.81. The van der Waals surface area contributed by atoms with Gasteiger partial charge in [-0.1, -0.05) is 6.07 Å². The van der Waals surface area contributed by atoms with Gasteiger partial charge in [0.05, 0.1) is 5.56 Å². The lowest BCUT2D eigenvalue weighted by Gasteiger charge is -2.17. The van der Waals surface area contributed by atoms with Crippen LogP contribution in [0.1, 0.15) is 33.9 Å². The number of halogens is 3. The summed E-state index contributed by atoms with van der Waals surface area (Å²) in [7, 11) is 0. The van der Waals surface area contributed by atoms with Crippen molar-refractivity contribution in [1.29, 1.82) is 0 Å². The summed E-state index contributed by atoms with van der Waals surface area (Å²) in [6.07, 6.45) is -2.23. The molecule has 1 heterocycles. The number of hydrogen-bond donors (Lipinski definition) is 1. The minimum atomic E-state index is -4.38. The van der Waals surface area contributed by atoms with Crippen molar-refractivity contribution in [2.45, 2.75) is 26.1 Å². The van der Waals surface area contributed by atoms with Gasteiger partial charge in [-0.25, -0.2) is 0 Å². The first-order chi connectivity index (χ1) is 9.30. The van der Waals surface area contributed by atoms with Gasteiger partial charge in [-0.2, -0.15) is 13.2 Å². The maximum absolute atomic E-state index is 12.6. The Balaban J connectivity index is 2.42. The highest BCUT2D eigenvalue weighted by Crippen LogP contribution is 2.33. The molecule has 0 amide bonds. The van der Waals surface area contributed by atoms with Crippen LogP contribution in [0.15, 0.2) is 36.7 Å². The standard InChI is InChI=1S/C15H14F3NO/c1-9-5-6-19-8-13(9)14(20)12-4-3-11(7-10(12)2)15(16,17)18/h3-8,14,20H,1-2H3. The first-order valence-corrected chi connectivity index (χ1v) is 6.07. The molecule has 2 rings (SSSR count). The summed E-state index contributed by atoms with van der Waals surface area (Å²) in [5.41, 5.74) is 1.57. The van der Waals surface area contributed by atoms with Crippen LogP contribution in [0.4, 0.5) is 13.2 Å².